The molecule has 0 amide bonds. The van der Waals surface area contributed by atoms with Gasteiger partial charge in [0, 0.05) is 0 Å². The third kappa shape index (κ3) is 2.18. The minimum atomic E-state index is -0.0161. The van der Waals surface area contributed by atoms with Crippen LogP contribution in [0.5, 0.6) is 0 Å². The SMILES string of the molecule is N#CN1C2C=CC=CC1C(c1ccccc1)=C2c1ccccc1. The number of hydrogen-bond donors (Lipinski definition) is 0. The third-order valence-corrected chi connectivity index (χ3v) is 4.46. The van der Waals surface area contributed by atoms with E-state index in [-0.39, 0.29) is 12.1 Å². The topological polar surface area (TPSA) is 27.0 Å². The van der Waals surface area contributed by atoms with Crippen LogP contribution in [-0.2, 0) is 0 Å². The van der Waals surface area contributed by atoms with Crippen LogP contribution in [0.4, 0.5) is 0 Å². The van der Waals surface area contributed by atoms with Crippen molar-refractivity contribution in [3.8, 4) is 6.19 Å². The van der Waals surface area contributed by atoms with Gasteiger partial charge in [0.15, 0.2) is 6.19 Å². The van der Waals surface area contributed by atoms with Crippen molar-refractivity contribution >= 4 is 11.1 Å². The second-order valence-electron chi connectivity index (χ2n) is 5.73. The lowest BCUT2D eigenvalue weighted by Crippen LogP contribution is -2.31. The minimum absolute atomic E-state index is 0.0161. The van der Waals surface area contributed by atoms with Crippen molar-refractivity contribution in [3.05, 3.63) is 96.1 Å². The van der Waals surface area contributed by atoms with Crippen molar-refractivity contribution in [2.45, 2.75) is 12.1 Å². The van der Waals surface area contributed by atoms with Crippen LogP contribution in [0.15, 0.2) is 85.0 Å². The first kappa shape index (κ1) is 13.6. The lowest BCUT2D eigenvalue weighted by molar-refractivity contribution is 0.398. The van der Waals surface area contributed by atoms with E-state index in [1.54, 1.807) is 0 Å². The molecule has 2 atom stereocenters. The fraction of sp³-hybridized carbons (Fsp3) is 0.0952. The summed E-state index contributed by atoms with van der Waals surface area (Å²) < 4.78 is 0. The number of nitrogens with zero attached hydrogens (tertiary/aromatic N) is 2. The molecule has 0 saturated carbocycles. The Morgan fingerprint density at radius 1 is 0.696 bits per heavy atom. The van der Waals surface area contributed by atoms with E-state index in [1.165, 1.54) is 22.3 Å². The Kier molecular flexibility index (Phi) is 3.33. The summed E-state index contributed by atoms with van der Waals surface area (Å²) in [7, 11) is 0. The first-order valence-corrected chi connectivity index (χ1v) is 7.78. The second-order valence-corrected chi connectivity index (χ2v) is 5.73. The summed E-state index contributed by atoms with van der Waals surface area (Å²) in [6.45, 7) is 0. The first-order chi connectivity index (χ1) is 11.4. The number of hydrogen-bond acceptors (Lipinski definition) is 2. The number of benzene rings is 2. The van der Waals surface area contributed by atoms with Gasteiger partial charge in [0.05, 0.1) is 12.1 Å². The average Bonchev–Trinajstić information content (AvgIpc) is 2.76. The zero-order chi connectivity index (χ0) is 15.6. The standard InChI is InChI=1S/C21H16N2/c22-15-23-18-13-7-8-14-19(23)21(17-11-5-2-6-12-17)20(18)16-9-3-1-4-10-16/h1-14,18-19H. The molecule has 0 radical (unpaired) electrons. The summed E-state index contributed by atoms with van der Waals surface area (Å²) in [6.07, 6.45) is 10.7. The van der Waals surface area contributed by atoms with Gasteiger partial charge in [-0.3, -0.25) is 4.90 Å². The fourth-order valence-corrected chi connectivity index (χ4v) is 3.50. The van der Waals surface area contributed by atoms with Gasteiger partial charge in [-0.25, -0.2) is 0 Å². The zero-order valence-electron chi connectivity index (χ0n) is 12.6. The van der Waals surface area contributed by atoms with E-state index in [0.717, 1.165) is 0 Å². The summed E-state index contributed by atoms with van der Waals surface area (Å²) >= 11 is 0. The summed E-state index contributed by atoms with van der Waals surface area (Å²) in [5.41, 5.74) is 4.81. The quantitative estimate of drug-likeness (QED) is 0.774. The largest absolute Gasteiger partial charge is 0.288 e. The maximum absolute atomic E-state index is 9.71. The van der Waals surface area contributed by atoms with Crippen molar-refractivity contribution in [2.75, 3.05) is 0 Å². The molecule has 2 aliphatic rings. The molecule has 0 saturated heterocycles. The molecule has 2 heteroatoms. The molecular weight excluding hydrogens is 280 g/mol. The highest BCUT2D eigenvalue weighted by Crippen LogP contribution is 2.43. The molecule has 2 aromatic rings. The molecule has 2 aliphatic heterocycles. The summed E-state index contributed by atoms with van der Waals surface area (Å²) in [4.78, 5) is 1.88. The predicted octanol–water partition coefficient (Wildman–Crippen LogP) is 4.26. The molecule has 2 aromatic carbocycles. The van der Waals surface area contributed by atoms with Crippen LogP contribution in [0.3, 0.4) is 0 Å². The van der Waals surface area contributed by atoms with Gasteiger partial charge in [-0.1, -0.05) is 85.0 Å². The van der Waals surface area contributed by atoms with Gasteiger partial charge in [-0.15, -0.1) is 0 Å². The van der Waals surface area contributed by atoms with Crippen molar-refractivity contribution in [3.63, 3.8) is 0 Å². The molecule has 110 valence electrons. The number of allylic oxidation sites excluding steroid dienone is 2. The van der Waals surface area contributed by atoms with Gasteiger partial charge in [0.25, 0.3) is 0 Å². The Hall–Kier alpha value is -3.05. The Bertz CT molecular complexity index is 773. The van der Waals surface area contributed by atoms with E-state index in [4.69, 9.17) is 0 Å². The minimum Gasteiger partial charge on any atom is -0.288 e. The molecular formula is C21H16N2. The Morgan fingerprint density at radius 2 is 1.13 bits per heavy atom. The van der Waals surface area contributed by atoms with E-state index in [1.807, 2.05) is 29.2 Å². The highest BCUT2D eigenvalue weighted by molar-refractivity contribution is 5.99. The molecule has 2 heterocycles. The van der Waals surface area contributed by atoms with Crippen LogP contribution in [0.25, 0.3) is 11.1 Å². The molecule has 0 aliphatic carbocycles. The Balaban J connectivity index is 2.00. The van der Waals surface area contributed by atoms with Crippen molar-refractivity contribution in [2.24, 2.45) is 0 Å². The maximum atomic E-state index is 9.71. The molecule has 0 spiro atoms. The summed E-state index contributed by atoms with van der Waals surface area (Å²) in [5, 5.41) is 9.71. The predicted molar refractivity (Wildman–Crippen MR) is 93.0 cm³/mol. The first-order valence-electron chi connectivity index (χ1n) is 7.78. The smallest absolute Gasteiger partial charge is 0.181 e. The van der Waals surface area contributed by atoms with Gasteiger partial charge in [0.2, 0.25) is 0 Å². The van der Waals surface area contributed by atoms with E-state index < -0.39 is 0 Å². The van der Waals surface area contributed by atoms with Crippen LogP contribution in [0, 0.1) is 11.5 Å². The monoisotopic (exact) mass is 296 g/mol. The number of nitriles is 1. The number of rotatable bonds is 2. The fourth-order valence-electron chi connectivity index (χ4n) is 3.50. The average molecular weight is 296 g/mol. The van der Waals surface area contributed by atoms with Crippen molar-refractivity contribution in [1.29, 1.82) is 5.26 Å². The molecule has 23 heavy (non-hydrogen) atoms. The van der Waals surface area contributed by atoms with E-state index in [0.29, 0.717) is 0 Å². The second kappa shape index (κ2) is 5.62. The molecule has 2 bridgehead atoms. The maximum Gasteiger partial charge on any atom is 0.181 e. The van der Waals surface area contributed by atoms with Crippen LogP contribution >= 0.6 is 0 Å². The van der Waals surface area contributed by atoms with Crippen LogP contribution in [0.1, 0.15) is 11.1 Å². The van der Waals surface area contributed by atoms with Gasteiger partial charge < -0.3 is 0 Å². The molecule has 0 fully saturated rings. The molecule has 0 N–H and O–H groups in total. The van der Waals surface area contributed by atoms with Crippen molar-refractivity contribution in [1.82, 2.24) is 4.90 Å². The zero-order valence-corrected chi connectivity index (χ0v) is 12.6. The lowest BCUT2D eigenvalue weighted by atomic mass is 9.89. The van der Waals surface area contributed by atoms with E-state index >= 15 is 0 Å². The highest BCUT2D eigenvalue weighted by Gasteiger charge is 2.39. The third-order valence-electron chi connectivity index (χ3n) is 4.46. The molecule has 0 aromatic heterocycles. The van der Waals surface area contributed by atoms with Gasteiger partial charge >= 0.3 is 0 Å². The van der Waals surface area contributed by atoms with Crippen LogP contribution in [-0.4, -0.2) is 17.0 Å². The van der Waals surface area contributed by atoms with Crippen LogP contribution in [0.2, 0.25) is 0 Å². The van der Waals surface area contributed by atoms with Gasteiger partial charge in [-0.2, -0.15) is 5.26 Å². The molecule has 2 nitrogen and oxygen atoms in total. The highest BCUT2D eigenvalue weighted by atomic mass is 15.2. The number of fused-ring (bicyclic) bond motifs is 2. The van der Waals surface area contributed by atoms with Gasteiger partial charge in [0.1, 0.15) is 0 Å². The van der Waals surface area contributed by atoms with Crippen molar-refractivity contribution < 1.29 is 0 Å². The molecule has 4 rings (SSSR count). The van der Waals surface area contributed by atoms with Crippen LogP contribution < -0.4 is 0 Å². The van der Waals surface area contributed by atoms with E-state index in [9.17, 15) is 5.26 Å². The molecule has 2 unspecified atom stereocenters. The van der Waals surface area contributed by atoms with Gasteiger partial charge in [-0.05, 0) is 22.3 Å². The summed E-state index contributed by atoms with van der Waals surface area (Å²) in [5.74, 6) is 0. The Labute approximate surface area is 136 Å². The Morgan fingerprint density at radius 3 is 1.52 bits per heavy atom. The summed E-state index contributed by atoms with van der Waals surface area (Å²) in [6, 6.07) is 20.7. The normalized spacial score (nSPS) is 22.1. The van der Waals surface area contributed by atoms with E-state index in [2.05, 4.69) is 66.9 Å². The lowest BCUT2D eigenvalue weighted by Gasteiger charge is -2.22.